The van der Waals surface area contributed by atoms with E-state index in [1.807, 2.05) is 0 Å². The highest BCUT2D eigenvalue weighted by Crippen LogP contribution is 2.25. The van der Waals surface area contributed by atoms with Crippen LogP contribution in [-0.2, 0) is 16.6 Å². The molecule has 108 valence electrons. The van der Waals surface area contributed by atoms with Crippen LogP contribution in [0.5, 0.6) is 0 Å². The molecule has 2 rings (SSSR count). The van der Waals surface area contributed by atoms with Crippen molar-refractivity contribution in [1.29, 1.82) is 0 Å². The average Bonchev–Trinajstić information content (AvgIpc) is 2.78. The second-order valence-electron chi connectivity index (χ2n) is 5.30. The number of nitrogens with one attached hydrogen (secondary N) is 1. The van der Waals surface area contributed by atoms with Crippen LogP contribution in [-0.4, -0.2) is 14.5 Å². The fourth-order valence-corrected chi connectivity index (χ4v) is 5.08. The molecule has 1 aromatic rings. The Bertz CT molecular complexity index is 510. The number of thiophene rings is 1. The van der Waals surface area contributed by atoms with Crippen molar-refractivity contribution in [2.45, 2.75) is 56.5 Å². The second kappa shape index (κ2) is 6.35. The van der Waals surface area contributed by atoms with Crippen LogP contribution in [0.15, 0.2) is 16.3 Å². The molecular formula is C13H22N2O2S2. The third-order valence-corrected chi connectivity index (χ3v) is 6.39. The molecule has 4 nitrogen and oxygen atoms in total. The van der Waals surface area contributed by atoms with Crippen LogP contribution in [0.3, 0.4) is 0 Å². The lowest BCUT2D eigenvalue weighted by molar-refractivity contribution is 0.399. The Kier molecular flexibility index (Phi) is 5.00. The van der Waals surface area contributed by atoms with Gasteiger partial charge in [0.15, 0.2) is 0 Å². The van der Waals surface area contributed by atoms with Gasteiger partial charge in [-0.25, -0.2) is 13.1 Å². The summed E-state index contributed by atoms with van der Waals surface area (Å²) in [4.78, 5) is 1.25. The molecule has 0 amide bonds. The Hall–Kier alpha value is -0.430. The van der Waals surface area contributed by atoms with Crippen molar-refractivity contribution in [3.8, 4) is 0 Å². The normalized spacial score (nSPS) is 25.2. The molecule has 1 aromatic heterocycles. The summed E-state index contributed by atoms with van der Waals surface area (Å²) in [7, 11) is -3.39. The predicted molar refractivity (Wildman–Crippen MR) is 78.6 cm³/mol. The lowest BCUT2D eigenvalue weighted by Gasteiger charge is -2.22. The summed E-state index contributed by atoms with van der Waals surface area (Å²) in [6.45, 7) is 2.53. The van der Waals surface area contributed by atoms with Gasteiger partial charge in [-0.1, -0.05) is 26.2 Å². The maximum absolute atomic E-state index is 12.3. The lowest BCUT2D eigenvalue weighted by atomic mass is 9.98. The monoisotopic (exact) mass is 302 g/mol. The molecule has 1 fully saturated rings. The summed E-state index contributed by atoms with van der Waals surface area (Å²) in [6.07, 6.45) is 5.56. The van der Waals surface area contributed by atoms with Gasteiger partial charge in [0.05, 0.1) is 4.90 Å². The molecule has 0 radical (unpaired) electrons. The van der Waals surface area contributed by atoms with Crippen LogP contribution in [0.2, 0.25) is 0 Å². The van der Waals surface area contributed by atoms with Gasteiger partial charge in [0, 0.05) is 22.8 Å². The van der Waals surface area contributed by atoms with Crippen LogP contribution >= 0.6 is 11.3 Å². The van der Waals surface area contributed by atoms with E-state index in [1.54, 1.807) is 11.4 Å². The van der Waals surface area contributed by atoms with E-state index in [0.29, 0.717) is 17.4 Å². The highest BCUT2D eigenvalue weighted by molar-refractivity contribution is 7.89. The van der Waals surface area contributed by atoms with E-state index < -0.39 is 10.0 Å². The van der Waals surface area contributed by atoms with Gasteiger partial charge in [-0.05, 0) is 24.8 Å². The zero-order valence-electron chi connectivity index (χ0n) is 11.3. The van der Waals surface area contributed by atoms with Crippen molar-refractivity contribution in [3.05, 3.63) is 16.3 Å². The van der Waals surface area contributed by atoms with Gasteiger partial charge in [0.25, 0.3) is 0 Å². The minimum atomic E-state index is -3.39. The first-order valence-electron chi connectivity index (χ1n) is 6.83. The minimum absolute atomic E-state index is 0.0636. The first kappa shape index (κ1) is 15.0. The van der Waals surface area contributed by atoms with Crippen LogP contribution in [0.4, 0.5) is 0 Å². The smallest absolute Gasteiger partial charge is 0.241 e. The van der Waals surface area contributed by atoms with Gasteiger partial charge in [-0.15, -0.1) is 11.3 Å². The first-order valence-corrected chi connectivity index (χ1v) is 9.19. The molecule has 19 heavy (non-hydrogen) atoms. The summed E-state index contributed by atoms with van der Waals surface area (Å²) >= 11 is 1.40. The SMILES string of the molecule is CC1CCCCCC1NS(=O)(=O)c1csc(CN)c1. The van der Waals surface area contributed by atoms with Gasteiger partial charge in [-0.3, -0.25) is 0 Å². The molecule has 0 aromatic carbocycles. The number of sulfonamides is 1. The molecule has 1 heterocycles. The van der Waals surface area contributed by atoms with E-state index in [2.05, 4.69) is 11.6 Å². The van der Waals surface area contributed by atoms with Crippen molar-refractivity contribution >= 4 is 21.4 Å². The molecular weight excluding hydrogens is 280 g/mol. The molecule has 0 saturated heterocycles. The number of rotatable bonds is 4. The van der Waals surface area contributed by atoms with E-state index >= 15 is 0 Å². The maximum atomic E-state index is 12.3. The van der Waals surface area contributed by atoms with Crippen LogP contribution in [0.25, 0.3) is 0 Å². The topological polar surface area (TPSA) is 72.2 Å². The molecule has 2 unspecified atom stereocenters. The molecule has 0 spiro atoms. The number of hydrogen-bond donors (Lipinski definition) is 2. The Labute approximate surface area is 119 Å². The Morgan fingerprint density at radius 3 is 2.79 bits per heavy atom. The summed E-state index contributed by atoms with van der Waals surface area (Å²) in [6, 6.07) is 1.74. The van der Waals surface area contributed by atoms with E-state index in [4.69, 9.17) is 5.73 Å². The highest BCUT2D eigenvalue weighted by Gasteiger charge is 2.26. The zero-order chi connectivity index (χ0) is 13.9. The quantitative estimate of drug-likeness (QED) is 0.839. The average molecular weight is 302 g/mol. The fraction of sp³-hybridized carbons (Fsp3) is 0.692. The second-order valence-corrected chi connectivity index (χ2v) is 8.01. The van der Waals surface area contributed by atoms with Crippen LogP contribution in [0, 0.1) is 5.92 Å². The van der Waals surface area contributed by atoms with Gasteiger partial charge in [-0.2, -0.15) is 0 Å². The van der Waals surface area contributed by atoms with E-state index in [9.17, 15) is 8.42 Å². The molecule has 3 N–H and O–H groups in total. The van der Waals surface area contributed by atoms with Gasteiger partial charge in [0.2, 0.25) is 10.0 Å². The van der Waals surface area contributed by atoms with E-state index in [1.165, 1.54) is 24.2 Å². The molecule has 1 saturated carbocycles. The van der Waals surface area contributed by atoms with E-state index in [0.717, 1.165) is 24.1 Å². The van der Waals surface area contributed by atoms with Crippen molar-refractivity contribution in [2.75, 3.05) is 0 Å². The van der Waals surface area contributed by atoms with Gasteiger partial charge in [0.1, 0.15) is 0 Å². The Morgan fingerprint density at radius 2 is 2.11 bits per heavy atom. The predicted octanol–water partition coefficient (Wildman–Crippen LogP) is 2.45. The summed E-state index contributed by atoms with van der Waals surface area (Å²) in [5, 5.41) is 1.67. The molecule has 0 bridgehead atoms. The fourth-order valence-electron chi connectivity index (χ4n) is 2.54. The Balaban J connectivity index is 2.11. The van der Waals surface area contributed by atoms with Crippen LogP contribution in [0.1, 0.15) is 43.9 Å². The first-order chi connectivity index (χ1) is 9.03. The molecule has 6 heteroatoms. The van der Waals surface area contributed by atoms with Crippen molar-refractivity contribution in [1.82, 2.24) is 4.72 Å². The maximum Gasteiger partial charge on any atom is 0.241 e. The lowest BCUT2D eigenvalue weighted by Crippen LogP contribution is -2.38. The largest absolute Gasteiger partial charge is 0.326 e. The minimum Gasteiger partial charge on any atom is -0.326 e. The van der Waals surface area contributed by atoms with Crippen molar-refractivity contribution in [3.63, 3.8) is 0 Å². The van der Waals surface area contributed by atoms with Crippen molar-refractivity contribution < 1.29 is 8.42 Å². The standard InChI is InChI=1S/C13H22N2O2S2/c1-10-5-3-2-4-6-13(10)15-19(16,17)12-7-11(8-14)18-9-12/h7,9-10,13,15H,2-6,8,14H2,1H3. The molecule has 1 aliphatic rings. The van der Waals surface area contributed by atoms with Gasteiger partial charge < -0.3 is 5.73 Å². The Morgan fingerprint density at radius 1 is 1.37 bits per heavy atom. The highest BCUT2D eigenvalue weighted by atomic mass is 32.2. The van der Waals surface area contributed by atoms with Crippen LogP contribution < -0.4 is 10.5 Å². The summed E-state index contributed by atoms with van der Waals surface area (Å²) in [5.74, 6) is 0.407. The van der Waals surface area contributed by atoms with Gasteiger partial charge >= 0.3 is 0 Å². The third kappa shape index (κ3) is 3.78. The summed E-state index contributed by atoms with van der Waals surface area (Å²) < 4.78 is 27.6. The van der Waals surface area contributed by atoms with Crippen molar-refractivity contribution in [2.24, 2.45) is 11.7 Å². The molecule has 0 aliphatic heterocycles. The number of hydrogen-bond acceptors (Lipinski definition) is 4. The molecule has 2 atom stereocenters. The zero-order valence-corrected chi connectivity index (χ0v) is 12.9. The summed E-state index contributed by atoms with van der Waals surface area (Å²) in [5.41, 5.74) is 5.53. The third-order valence-electron chi connectivity index (χ3n) is 3.81. The van der Waals surface area contributed by atoms with E-state index in [-0.39, 0.29) is 6.04 Å². The molecule has 1 aliphatic carbocycles. The number of nitrogens with two attached hydrogens (primary N) is 1.